The molecule has 2 nitrogen and oxygen atoms in total. The summed E-state index contributed by atoms with van der Waals surface area (Å²) in [6, 6.07) is 8.72. The van der Waals surface area contributed by atoms with E-state index in [4.69, 9.17) is 10.5 Å². The quantitative estimate of drug-likeness (QED) is 0.819. The van der Waals surface area contributed by atoms with E-state index in [0.717, 1.165) is 6.42 Å². The van der Waals surface area contributed by atoms with E-state index >= 15 is 0 Å². The molecular formula is C15H23NO. The molecule has 2 heteroatoms. The largest absolute Gasteiger partial charge is 0.379 e. The molecule has 0 amide bonds. The number of ether oxygens (including phenoxy) is 1. The van der Waals surface area contributed by atoms with Crippen LogP contribution in [-0.4, -0.2) is 13.2 Å². The first kappa shape index (κ1) is 12.6. The average molecular weight is 233 g/mol. The number of hydrogen-bond donors (Lipinski definition) is 1. The van der Waals surface area contributed by atoms with Crippen LogP contribution in [0.5, 0.6) is 0 Å². The van der Waals surface area contributed by atoms with Gasteiger partial charge in [0, 0.05) is 7.11 Å². The minimum absolute atomic E-state index is 0.0168. The highest BCUT2D eigenvalue weighted by atomic mass is 16.5. The fraction of sp³-hybridized carbons (Fsp3) is 0.600. The van der Waals surface area contributed by atoms with Crippen molar-refractivity contribution in [2.45, 2.75) is 44.8 Å². The predicted molar refractivity (Wildman–Crippen MR) is 70.9 cm³/mol. The van der Waals surface area contributed by atoms with E-state index in [1.165, 1.54) is 30.4 Å². The lowest BCUT2D eigenvalue weighted by molar-refractivity contribution is 0.0624. The maximum Gasteiger partial charge on any atom is 0.0791 e. The van der Waals surface area contributed by atoms with Gasteiger partial charge in [-0.05, 0) is 36.3 Å². The molecule has 2 unspecified atom stereocenters. The summed E-state index contributed by atoms with van der Waals surface area (Å²) in [4.78, 5) is 0. The highest BCUT2D eigenvalue weighted by molar-refractivity contribution is 5.26. The van der Waals surface area contributed by atoms with E-state index in [1.54, 1.807) is 7.11 Å². The molecule has 0 bridgehead atoms. The average Bonchev–Trinajstić information content (AvgIpc) is 3.16. The van der Waals surface area contributed by atoms with Gasteiger partial charge in [0.25, 0.3) is 0 Å². The maximum atomic E-state index is 6.29. The van der Waals surface area contributed by atoms with Crippen LogP contribution in [0, 0.1) is 5.92 Å². The maximum absolute atomic E-state index is 6.29. The topological polar surface area (TPSA) is 35.2 Å². The Bertz CT molecular complexity index is 342. The molecule has 1 saturated carbocycles. The summed E-state index contributed by atoms with van der Waals surface area (Å²) in [6.07, 6.45) is 5.05. The van der Waals surface area contributed by atoms with Gasteiger partial charge in [-0.3, -0.25) is 0 Å². The minimum atomic E-state index is 0.0168. The van der Waals surface area contributed by atoms with E-state index in [9.17, 15) is 0 Å². The van der Waals surface area contributed by atoms with Crippen molar-refractivity contribution in [1.82, 2.24) is 0 Å². The Morgan fingerprint density at radius 3 is 2.41 bits per heavy atom. The normalized spacial score (nSPS) is 19.0. The number of nitrogens with two attached hydrogens (primary N) is 1. The molecule has 0 radical (unpaired) electrons. The molecule has 1 aliphatic rings. The second-order valence-corrected chi connectivity index (χ2v) is 5.06. The highest BCUT2D eigenvalue weighted by Gasteiger charge is 2.35. The number of aryl methyl sites for hydroxylation is 1. The van der Waals surface area contributed by atoms with Crippen LogP contribution in [0.1, 0.15) is 43.4 Å². The number of benzene rings is 1. The van der Waals surface area contributed by atoms with E-state index in [0.29, 0.717) is 5.92 Å². The zero-order valence-electron chi connectivity index (χ0n) is 10.9. The lowest BCUT2D eigenvalue weighted by Gasteiger charge is -2.22. The Hall–Kier alpha value is -0.860. The summed E-state index contributed by atoms with van der Waals surface area (Å²) >= 11 is 0. The monoisotopic (exact) mass is 233 g/mol. The van der Waals surface area contributed by atoms with Gasteiger partial charge >= 0.3 is 0 Å². The van der Waals surface area contributed by atoms with Crippen molar-refractivity contribution in [3.63, 3.8) is 0 Å². The van der Waals surface area contributed by atoms with E-state index in [1.807, 2.05) is 0 Å². The Balaban J connectivity index is 2.04. The lowest BCUT2D eigenvalue weighted by Crippen LogP contribution is -2.29. The summed E-state index contributed by atoms with van der Waals surface area (Å²) in [5.74, 6) is 0.672. The van der Waals surface area contributed by atoms with Gasteiger partial charge in [-0.25, -0.2) is 0 Å². The standard InChI is InChI=1S/C15H23NO/c1-3-4-11-5-7-12(8-6-11)14(16)15(17-2)13-9-10-13/h5-8,13-15H,3-4,9-10,16H2,1-2H3. The van der Waals surface area contributed by atoms with Gasteiger partial charge < -0.3 is 10.5 Å². The van der Waals surface area contributed by atoms with Crippen molar-refractivity contribution in [2.75, 3.05) is 7.11 Å². The molecule has 1 aromatic rings. The van der Waals surface area contributed by atoms with E-state index in [2.05, 4.69) is 31.2 Å². The molecular weight excluding hydrogens is 210 g/mol. The summed E-state index contributed by atoms with van der Waals surface area (Å²) in [5.41, 5.74) is 8.88. The van der Waals surface area contributed by atoms with Crippen molar-refractivity contribution in [2.24, 2.45) is 11.7 Å². The first-order valence-electron chi connectivity index (χ1n) is 6.63. The van der Waals surface area contributed by atoms with E-state index in [-0.39, 0.29) is 12.1 Å². The Labute approximate surface area is 104 Å². The molecule has 0 aliphatic heterocycles. The highest BCUT2D eigenvalue weighted by Crippen LogP contribution is 2.38. The summed E-state index contributed by atoms with van der Waals surface area (Å²) in [6.45, 7) is 2.20. The van der Waals surface area contributed by atoms with Gasteiger partial charge in [-0.15, -0.1) is 0 Å². The molecule has 1 aromatic carbocycles. The minimum Gasteiger partial charge on any atom is -0.379 e. The molecule has 94 valence electrons. The van der Waals surface area contributed by atoms with Gasteiger partial charge in [0.1, 0.15) is 0 Å². The zero-order chi connectivity index (χ0) is 12.3. The molecule has 0 spiro atoms. The van der Waals surface area contributed by atoms with Crippen molar-refractivity contribution < 1.29 is 4.74 Å². The third-order valence-corrected chi connectivity index (χ3v) is 3.62. The lowest BCUT2D eigenvalue weighted by atomic mass is 9.97. The molecule has 2 rings (SSSR count). The van der Waals surface area contributed by atoms with Gasteiger partial charge in [0.05, 0.1) is 12.1 Å². The summed E-state index contributed by atoms with van der Waals surface area (Å²) < 4.78 is 5.54. The Morgan fingerprint density at radius 1 is 1.29 bits per heavy atom. The van der Waals surface area contributed by atoms with Gasteiger partial charge in [-0.1, -0.05) is 37.6 Å². The smallest absolute Gasteiger partial charge is 0.0791 e. The van der Waals surface area contributed by atoms with Crippen LogP contribution >= 0.6 is 0 Å². The second-order valence-electron chi connectivity index (χ2n) is 5.06. The van der Waals surface area contributed by atoms with Crippen LogP contribution in [0.15, 0.2) is 24.3 Å². The van der Waals surface area contributed by atoms with Crippen LogP contribution in [0.4, 0.5) is 0 Å². The first-order chi connectivity index (χ1) is 8.26. The van der Waals surface area contributed by atoms with Crippen LogP contribution < -0.4 is 5.73 Å². The SMILES string of the molecule is CCCc1ccc(C(N)C(OC)C2CC2)cc1. The third kappa shape index (κ3) is 3.08. The van der Waals surface area contributed by atoms with Crippen molar-refractivity contribution in [3.05, 3.63) is 35.4 Å². The number of rotatable bonds is 6. The first-order valence-corrected chi connectivity index (χ1v) is 6.63. The van der Waals surface area contributed by atoms with Crippen molar-refractivity contribution in [3.8, 4) is 0 Å². The van der Waals surface area contributed by atoms with Gasteiger partial charge in [0.15, 0.2) is 0 Å². The van der Waals surface area contributed by atoms with Gasteiger partial charge in [-0.2, -0.15) is 0 Å². The molecule has 1 fully saturated rings. The number of methoxy groups -OCH3 is 1. The predicted octanol–water partition coefficient (Wildman–Crippen LogP) is 3.06. The van der Waals surface area contributed by atoms with Crippen LogP contribution in [0.3, 0.4) is 0 Å². The van der Waals surface area contributed by atoms with Crippen LogP contribution in [0.25, 0.3) is 0 Å². The van der Waals surface area contributed by atoms with Crippen molar-refractivity contribution >= 4 is 0 Å². The summed E-state index contributed by atoms with van der Waals surface area (Å²) in [5, 5.41) is 0. The van der Waals surface area contributed by atoms with Crippen LogP contribution in [0.2, 0.25) is 0 Å². The van der Waals surface area contributed by atoms with Gasteiger partial charge in [0.2, 0.25) is 0 Å². The Morgan fingerprint density at radius 2 is 1.94 bits per heavy atom. The fourth-order valence-electron chi connectivity index (χ4n) is 2.44. The fourth-order valence-corrected chi connectivity index (χ4v) is 2.44. The van der Waals surface area contributed by atoms with Crippen LogP contribution in [-0.2, 0) is 11.2 Å². The Kier molecular flexibility index (Phi) is 4.19. The summed E-state index contributed by atoms with van der Waals surface area (Å²) in [7, 11) is 1.77. The molecule has 0 heterocycles. The molecule has 0 saturated heterocycles. The molecule has 1 aliphatic carbocycles. The molecule has 2 atom stereocenters. The molecule has 17 heavy (non-hydrogen) atoms. The number of hydrogen-bond acceptors (Lipinski definition) is 2. The molecule has 0 aromatic heterocycles. The third-order valence-electron chi connectivity index (χ3n) is 3.62. The van der Waals surface area contributed by atoms with E-state index < -0.39 is 0 Å². The zero-order valence-corrected chi connectivity index (χ0v) is 10.9. The molecule has 2 N–H and O–H groups in total. The second kappa shape index (κ2) is 5.65. The van der Waals surface area contributed by atoms with Crippen molar-refractivity contribution in [1.29, 1.82) is 0 Å².